The van der Waals surface area contributed by atoms with Crippen LogP contribution in [0.3, 0.4) is 0 Å². The molecule has 0 radical (unpaired) electrons. The summed E-state index contributed by atoms with van der Waals surface area (Å²) in [4.78, 5) is 3.75. The lowest BCUT2D eigenvalue weighted by Crippen LogP contribution is -2.38. The molecule has 13 heteroatoms. The molecule has 4 aromatic rings. The molecule has 2 aromatic heterocycles. The van der Waals surface area contributed by atoms with Gasteiger partial charge in [-0.3, -0.25) is 0 Å². The molecule has 0 amide bonds. The van der Waals surface area contributed by atoms with Crippen molar-refractivity contribution in [3.63, 3.8) is 0 Å². The van der Waals surface area contributed by atoms with E-state index in [2.05, 4.69) is 20.4 Å². The monoisotopic (exact) mass is 468 g/mol. The van der Waals surface area contributed by atoms with E-state index in [0.29, 0.717) is 10.7 Å². The highest BCUT2D eigenvalue weighted by Gasteiger charge is 2.41. The summed E-state index contributed by atoms with van der Waals surface area (Å²) in [7, 11) is 0. The van der Waals surface area contributed by atoms with Gasteiger partial charge in [-0.15, -0.1) is 5.10 Å². The molecular formula is C20H14F6N6O. The van der Waals surface area contributed by atoms with Crippen LogP contribution in [0.25, 0.3) is 5.69 Å². The first-order chi connectivity index (χ1) is 15.6. The molecule has 0 unspecified atom stereocenters. The van der Waals surface area contributed by atoms with Crippen LogP contribution >= 0.6 is 0 Å². The Hall–Kier alpha value is -3.74. The van der Waals surface area contributed by atoms with Gasteiger partial charge in [-0.2, -0.15) is 5.10 Å². The fourth-order valence-corrected chi connectivity index (χ4v) is 3.45. The first kappa shape index (κ1) is 22.5. The minimum absolute atomic E-state index is 0.0445. The van der Waals surface area contributed by atoms with Crippen molar-refractivity contribution >= 4 is 0 Å². The number of nitrogens with zero attached hydrogens (tertiary/aromatic N) is 6. The Labute approximate surface area is 181 Å². The molecule has 0 bridgehead atoms. The van der Waals surface area contributed by atoms with Crippen molar-refractivity contribution in [3.05, 3.63) is 89.3 Å². The van der Waals surface area contributed by atoms with Crippen molar-refractivity contribution in [2.75, 3.05) is 0 Å². The lowest BCUT2D eigenvalue weighted by atomic mass is 9.80. The number of hydrogen-bond donors (Lipinski definition) is 1. The summed E-state index contributed by atoms with van der Waals surface area (Å²) in [5.74, 6) is -9.80. The second-order valence-electron chi connectivity index (χ2n) is 7.27. The smallest absolute Gasteiger partial charge is 0.187 e. The Morgan fingerprint density at radius 3 is 2.30 bits per heavy atom. The molecule has 2 atom stereocenters. The maximum Gasteiger partial charge on any atom is 0.187 e. The van der Waals surface area contributed by atoms with Gasteiger partial charge >= 0.3 is 0 Å². The zero-order valence-corrected chi connectivity index (χ0v) is 16.7. The maximum atomic E-state index is 14.6. The zero-order chi connectivity index (χ0) is 23.9. The molecule has 172 valence electrons. The van der Waals surface area contributed by atoms with E-state index in [1.54, 1.807) is 0 Å². The average Bonchev–Trinajstić information content (AvgIpc) is 3.44. The minimum Gasteiger partial charge on any atom is -0.382 e. The molecular weight excluding hydrogens is 454 g/mol. The highest BCUT2D eigenvalue weighted by atomic mass is 19.2. The molecule has 0 spiro atoms. The van der Waals surface area contributed by atoms with Crippen molar-refractivity contribution in [1.29, 1.82) is 0 Å². The molecule has 2 aromatic carbocycles. The van der Waals surface area contributed by atoms with Crippen LogP contribution < -0.4 is 0 Å². The summed E-state index contributed by atoms with van der Waals surface area (Å²) in [5.41, 5.74) is -3.73. The minimum atomic E-state index is -2.13. The van der Waals surface area contributed by atoms with Gasteiger partial charge in [-0.05, 0) is 6.07 Å². The number of rotatable bonds is 6. The van der Waals surface area contributed by atoms with Crippen LogP contribution in [0.5, 0.6) is 0 Å². The Bertz CT molecular complexity index is 1280. The zero-order valence-electron chi connectivity index (χ0n) is 16.7. The van der Waals surface area contributed by atoms with Crippen LogP contribution in [0.1, 0.15) is 24.1 Å². The summed E-state index contributed by atoms with van der Waals surface area (Å²) >= 11 is 0. The third-order valence-electron chi connectivity index (χ3n) is 5.26. The molecule has 0 saturated heterocycles. The Morgan fingerprint density at radius 1 is 1.00 bits per heavy atom. The molecule has 0 aliphatic carbocycles. The van der Waals surface area contributed by atoms with Gasteiger partial charge in [0.15, 0.2) is 23.3 Å². The lowest BCUT2D eigenvalue weighted by Gasteiger charge is -2.33. The molecule has 4 rings (SSSR count). The lowest BCUT2D eigenvalue weighted by molar-refractivity contribution is -0.0123. The topological polar surface area (TPSA) is 81.6 Å². The van der Waals surface area contributed by atoms with Gasteiger partial charge in [0.1, 0.15) is 35.6 Å². The standard InChI is InChI=1S/C20H14F6N6O/c1-10(16-6-32(30-29-16)19-17(25)14(23)5-15(24)18(19)26)20(33,7-31-9-27-8-28-31)12-3-2-11(21)4-13(12)22/h2-6,8-10,33H,7H2,1H3/t10-,20+/m0/s1. The molecule has 0 saturated carbocycles. The number of hydrogen-bond acceptors (Lipinski definition) is 5. The molecule has 1 N–H and O–H groups in total. The van der Waals surface area contributed by atoms with Gasteiger partial charge in [0.05, 0.1) is 18.4 Å². The molecule has 7 nitrogen and oxygen atoms in total. The number of aromatic nitrogens is 6. The van der Waals surface area contributed by atoms with Crippen molar-refractivity contribution in [2.24, 2.45) is 0 Å². The SMILES string of the molecule is C[C@@H](c1cn(-c2c(F)c(F)cc(F)c2F)nn1)[C@](O)(Cn1cncn1)c1ccc(F)cc1F. The summed E-state index contributed by atoms with van der Waals surface area (Å²) in [6.07, 6.45) is 3.35. The van der Waals surface area contributed by atoms with E-state index in [9.17, 15) is 31.4 Å². The first-order valence-corrected chi connectivity index (χ1v) is 9.37. The second kappa shape index (κ2) is 8.31. The van der Waals surface area contributed by atoms with E-state index in [-0.39, 0.29) is 23.9 Å². The van der Waals surface area contributed by atoms with Crippen LogP contribution in [0.4, 0.5) is 26.3 Å². The molecule has 33 heavy (non-hydrogen) atoms. The van der Waals surface area contributed by atoms with Gasteiger partial charge in [-0.25, -0.2) is 40.7 Å². The number of aliphatic hydroxyl groups is 1. The van der Waals surface area contributed by atoms with Crippen LogP contribution in [0.2, 0.25) is 0 Å². The summed E-state index contributed by atoms with van der Waals surface area (Å²) in [6.45, 7) is 1.02. The van der Waals surface area contributed by atoms with Crippen LogP contribution in [-0.2, 0) is 12.1 Å². The van der Waals surface area contributed by atoms with Gasteiger partial charge in [0.2, 0.25) is 0 Å². The normalized spacial score (nSPS) is 14.3. The highest BCUT2D eigenvalue weighted by Crippen LogP contribution is 2.39. The quantitative estimate of drug-likeness (QED) is 0.347. The molecule has 2 heterocycles. The van der Waals surface area contributed by atoms with Crippen LogP contribution in [0.15, 0.2) is 43.1 Å². The van der Waals surface area contributed by atoms with Crippen LogP contribution in [0, 0.1) is 34.9 Å². The van der Waals surface area contributed by atoms with Crippen molar-refractivity contribution < 1.29 is 31.4 Å². The van der Waals surface area contributed by atoms with E-state index in [1.165, 1.54) is 24.3 Å². The van der Waals surface area contributed by atoms with E-state index in [1.807, 2.05) is 0 Å². The molecule has 0 fully saturated rings. The number of halogens is 6. The maximum absolute atomic E-state index is 14.6. The Balaban J connectivity index is 1.80. The van der Waals surface area contributed by atoms with Crippen molar-refractivity contribution in [3.8, 4) is 5.69 Å². The molecule has 0 aliphatic heterocycles. The first-order valence-electron chi connectivity index (χ1n) is 9.37. The third-order valence-corrected chi connectivity index (χ3v) is 5.26. The van der Waals surface area contributed by atoms with E-state index >= 15 is 0 Å². The van der Waals surface area contributed by atoms with Gasteiger partial charge in [-0.1, -0.05) is 18.2 Å². The third kappa shape index (κ3) is 3.95. The predicted molar refractivity (Wildman–Crippen MR) is 99.9 cm³/mol. The second-order valence-corrected chi connectivity index (χ2v) is 7.27. The van der Waals surface area contributed by atoms with Gasteiger partial charge in [0.25, 0.3) is 0 Å². The van der Waals surface area contributed by atoms with Crippen molar-refractivity contribution in [2.45, 2.75) is 25.0 Å². The van der Waals surface area contributed by atoms with Gasteiger partial charge < -0.3 is 5.11 Å². The average molecular weight is 468 g/mol. The van der Waals surface area contributed by atoms with Crippen LogP contribution in [-0.4, -0.2) is 34.9 Å². The predicted octanol–water partition coefficient (Wildman–Crippen LogP) is 3.38. The summed E-state index contributed by atoms with van der Waals surface area (Å²) in [5, 5.41) is 22.6. The highest BCUT2D eigenvalue weighted by molar-refractivity contribution is 5.37. The largest absolute Gasteiger partial charge is 0.382 e. The summed E-state index contributed by atoms with van der Waals surface area (Å²) < 4.78 is 85.3. The fourth-order valence-electron chi connectivity index (χ4n) is 3.45. The van der Waals surface area contributed by atoms with E-state index in [0.717, 1.165) is 18.3 Å². The fraction of sp³-hybridized carbons (Fsp3) is 0.200. The van der Waals surface area contributed by atoms with E-state index in [4.69, 9.17) is 0 Å². The van der Waals surface area contributed by atoms with E-state index < -0.39 is 52.1 Å². The van der Waals surface area contributed by atoms with Crippen molar-refractivity contribution in [1.82, 2.24) is 29.8 Å². The summed E-state index contributed by atoms with van der Waals surface area (Å²) in [6, 6.07) is 2.59. The Morgan fingerprint density at radius 2 is 1.70 bits per heavy atom. The molecule has 0 aliphatic rings. The number of benzene rings is 2. The van der Waals surface area contributed by atoms with Gasteiger partial charge in [0, 0.05) is 23.6 Å². The Kier molecular flexibility index (Phi) is 5.66.